The van der Waals surface area contributed by atoms with Gasteiger partial charge in [-0.3, -0.25) is 4.79 Å². The van der Waals surface area contributed by atoms with Crippen molar-refractivity contribution in [3.8, 4) is 0 Å². The smallest absolute Gasteiger partial charge is 0.247 e. The molecule has 128 valence electrons. The van der Waals surface area contributed by atoms with Crippen molar-refractivity contribution in [3.05, 3.63) is 42.6 Å². The summed E-state index contributed by atoms with van der Waals surface area (Å²) in [5.74, 6) is 0.328. The minimum atomic E-state index is -0.192. The molecular weight excluding hydrogens is 320 g/mol. The first-order valence-electron chi connectivity index (χ1n) is 8.16. The molecule has 1 aliphatic heterocycles. The van der Waals surface area contributed by atoms with E-state index in [0.717, 1.165) is 43.0 Å². The fourth-order valence-electron chi connectivity index (χ4n) is 2.82. The number of rotatable bonds is 4. The third-order valence-corrected chi connectivity index (χ3v) is 4.11. The number of morpholine rings is 1. The number of para-hydroxylation sites is 1. The summed E-state index contributed by atoms with van der Waals surface area (Å²) in [6, 6.07) is 11.3. The van der Waals surface area contributed by atoms with Crippen LogP contribution < -0.4 is 10.2 Å². The molecule has 0 radical (unpaired) electrons. The van der Waals surface area contributed by atoms with Crippen LogP contribution in [-0.2, 0) is 16.1 Å². The van der Waals surface area contributed by atoms with Gasteiger partial charge in [0.1, 0.15) is 17.9 Å². The second kappa shape index (κ2) is 6.86. The van der Waals surface area contributed by atoms with Crippen molar-refractivity contribution in [3.63, 3.8) is 0 Å². The molecule has 0 saturated carbocycles. The molecule has 0 unspecified atom stereocenters. The number of ether oxygens (including phenoxy) is 1. The van der Waals surface area contributed by atoms with Crippen molar-refractivity contribution in [1.82, 2.24) is 20.0 Å². The summed E-state index contributed by atoms with van der Waals surface area (Å²) in [4.78, 5) is 18.8. The number of anilines is 2. The number of carbonyl (C=O) groups excluding carboxylic acids is 1. The first-order chi connectivity index (χ1) is 12.3. The Hall–Kier alpha value is -3.00. The molecule has 3 heterocycles. The Morgan fingerprint density at radius 2 is 2.00 bits per heavy atom. The minimum Gasteiger partial charge on any atom is -0.378 e. The van der Waals surface area contributed by atoms with Gasteiger partial charge in [-0.1, -0.05) is 17.3 Å². The summed E-state index contributed by atoms with van der Waals surface area (Å²) < 4.78 is 6.92. The zero-order valence-corrected chi connectivity index (χ0v) is 13.6. The van der Waals surface area contributed by atoms with Gasteiger partial charge in [0.05, 0.1) is 30.6 Å². The molecule has 0 aliphatic carbocycles. The molecule has 0 spiro atoms. The quantitative estimate of drug-likeness (QED) is 0.772. The number of benzene rings is 1. The molecular formula is C17H18N6O2. The van der Waals surface area contributed by atoms with Crippen molar-refractivity contribution < 1.29 is 9.53 Å². The van der Waals surface area contributed by atoms with Gasteiger partial charge >= 0.3 is 0 Å². The molecule has 3 aromatic rings. The lowest BCUT2D eigenvalue weighted by Crippen LogP contribution is -2.36. The number of carbonyl (C=O) groups is 1. The van der Waals surface area contributed by atoms with Crippen LogP contribution >= 0.6 is 0 Å². The Balaban J connectivity index is 1.40. The molecule has 0 bridgehead atoms. The number of nitrogens with one attached hydrogen (secondary N) is 1. The molecule has 1 saturated heterocycles. The van der Waals surface area contributed by atoms with Gasteiger partial charge in [-0.25, -0.2) is 9.67 Å². The van der Waals surface area contributed by atoms with Crippen LogP contribution in [0.1, 0.15) is 0 Å². The van der Waals surface area contributed by atoms with E-state index in [-0.39, 0.29) is 12.5 Å². The van der Waals surface area contributed by atoms with E-state index in [1.54, 1.807) is 10.9 Å². The lowest BCUT2D eigenvalue weighted by molar-refractivity contribution is -0.116. The SMILES string of the molecule is O=C(Cn1nnc2ccccc21)Nc1ccc(N2CCOCC2)cn1. The number of fused-ring (bicyclic) bond motifs is 1. The Morgan fingerprint density at radius 3 is 2.80 bits per heavy atom. The normalized spacial score (nSPS) is 14.6. The standard InChI is InChI=1S/C17H18N6O2/c24-17(12-23-15-4-2-1-3-14(15)20-21-23)19-16-6-5-13(11-18-16)22-7-9-25-10-8-22/h1-6,11H,7-10,12H2,(H,18,19,24). The van der Waals surface area contributed by atoms with Crippen LogP contribution in [-0.4, -0.2) is 52.2 Å². The maximum absolute atomic E-state index is 12.2. The Labute approximate surface area is 144 Å². The van der Waals surface area contributed by atoms with Crippen molar-refractivity contribution in [2.75, 3.05) is 36.5 Å². The van der Waals surface area contributed by atoms with Gasteiger partial charge in [0.15, 0.2) is 0 Å². The highest BCUT2D eigenvalue weighted by molar-refractivity contribution is 5.90. The molecule has 0 atom stereocenters. The van der Waals surface area contributed by atoms with Gasteiger partial charge in [-0.05, 0) is 24.3 Å². The second-order valence-electron chi connectivity index (χ2n) is 5.79. The van der Waals surface area contributed by atoms with E-state index >= 15 is 0 Å². The molecule has 1 N–H and O–H groups in total. The summed E-state index contributed by atoms with van der Waals surface area (Å²) in [7, 11) is 0. The zero-order chi connectivity index (χ0) is 17.1. The zero-order valence-electron chi connectivity index (χ0n) is 13.6. The van der Waals surface area contributed by atoms with Crippen molar-refractivity contribution >= 4 is 28.4 Å². The number of pyridine rings is 1. The number of hydrogen-bond donors (Lipinski definition) is 1. The molecule has 1 fully saturated rings. The van der Waals surface area contributed by atoms with Crippen molar-refractivity contribution in [2.45, 2.75) is 6.54 Å². The van der Waals surface area contributed by atoms with Crippen LogP contribution in [0, 0.1) is 0 Å². The van der Waals surface area contributed by atoms with Crippen molar-refractivity contribution in [2.24, 2.45) is 0 Å². The van der Waals surface area contributed by atoms with Crippen LogP contribution in [0.3, 0.4) is 0 Å². The van der Waals surface area contributed by atoms with Crippen LogP contribution in [0.4, 0.5) is 11.5 Å². The lowest BCUT2D eigenvalue weighted by atomic mass is 10.3. The molecule has 4 rings (SSSR count). The second-order valence-corrected chi connectivity index (χ2v) is 5.79. The third-order valence-electron chi connectivity index (χ3n) is 4.11. The number of nitrogens with zero attached hydrogens (tertiary/aromatic N) is 5. The average molecular weight is 338 g/mol. The maximum Gasteiger partial charge on any atom is 0.247 e. The van der Waals surface area contributed by atoms with Gasteiger partial charge in [0.2, 0.25) is 5.91 Å². The summed E-state index contributed by atoms with van der Waals surface area (Å²) >= 11 is 0. The summed E-state index contributed by atoms with van der Waals surface area (Å²) in [5.41, 5.74) is 2.63. The first-order valence-corrected chi connectivity index (χ1v) is 8.16. The van der Waals surface area contributed by atoms with Crippen molar-refractivity contribution in [1.29, 1.82) is 0 Å². The van der Waals surface area contributed by atoms with E-state index in [4.69, 9.17) is 4.74 Å². The molecule has 8 nitrogen and oxygen atoms in total. The fourth-order valence-corrected chi connectivity index (χ4v) is 2.82. The summed E-state index contributed by atoms with van der Waals surface area (Å²) in [6.07, 6.45) is 1.77. The predicted octanol–water partition coefficient (Wildman–Crippen LogP) is 1.30. The maximum atomic E-state index is 12.2. The molecule has 1 aliphatic rings. The minimum absolute atomic E-state index is 0.0907. The predicted molar refractivity (Wildman–Crippen MR) is 93.4 cm³/mol. The van der Waals surface area contributed by atoms with Gasteiger partial charge in [-0.2, -0.15) is 0 Å². The molecule has 1 amide bonds. The fraction of sp³-hybridized carbons (Fsp3) is 0.294. The van der Waals surface area contributed by atoms with Gasteiger partial charge in [0, 0.05) is 13.1 Å². The van der Waals surface area contributed by atoms with Crippen LogP contribution in [0.15, 0.2) is 42.6 Å². The van der Waals surface area contributed by atoms with Crippen LogP contribution in [0.25, 0.3) is 11.0 Å². The number of amides is 1. The Bertz CT molecular complexity index is 870. The monoisotopic (exact) mass is 338 g/mol. The highest BCUT2D eigenvalue weighted by atomic mass is 16.5. The topological polar surface area (TPSA) is 85.2 Å². The van der Waals surface area contributed by atoms with E-state index < -0.39 is 0 Å². The van der Waals surface area contributed by atoms with Gasteiger partial charge < -0.3 is 15.0 Å². The van der Waals surface area contributed by atoms with E-state index in [1.165, 1.54) is 0 Å². The molecule has 1 aromatic carbocycles. The van der Waals surface area contributed by atoms with E-state index in [2.05, 4.69) is 25.5 Å². The third kappa shape index (κ3) is 3.43. The van der Waals surface area contributed by atoms with Crippen LogP contribution in [0.5, 0.6) is 0 Å². The van der Waals surface area contributed by atoms with E-state index in [0.29, 0.717) is 5.82 Å². The highest BCUT2D eigenvalue weighted by Gasteiger charge is 2.12. The number of aromatic nitrogens is 4. The molecule has 2 aromatic heterocycles. The van der Waals surface area contributed by atoms with Crippen LogP contribution in [0.2, 0.25) is 0 Å². The van der Waals surface area contributed by atoms with E-state index in [1.807, 2.05) is 36.4 Å². The highest BCUT2D eigenvalue weighted by Crippen LogP contribution is 2.16. The largest absolute Gasteiger partial charge is 0.378 e. The van der Waals surface area contributed by atoms with Gasteiger partial charge in [0.25, 0.3) is 0 Å². The molecule has 8 heteroatoms. The Morgan fingerprint density at radius 1 is 1.16 bits per heavy atom. The average Bonchev–Trinajstić information content (AvgIpc) is 3.06. The number of hydrogen-bond acceptors (Lipinski definition) is 6. The first kappa shape index (κ1) is 15.5. The van der Waals surface area contributed by atoms with Gasteiger partial charge in [-0.15, -0.1) is 5.10 Å². The summed E-state index contributed by atoms with van der Waals surface area (Å²) in [5, 5.41) is 10.9. The van der Waals surface area contributed by atoms with E-state index in [9.17, 15) is 4.79 Å². The molecule has 25 heavy (non-hydrogen) atoms. The Kier molecular flexibility index (Phi) is 4.26. The lowest BCUT2D eigenvalue weighted by Gasteiger charge is -2.28. The summed E-state index contributed by atoms with van der Waals surface area (Å²) in [6.45, 7) is 3.25.